The van der Waals surface area contributed by atoms with Gasteiger partial charge >= 0.3 is 0 Å². The number of tetrazole rings is 1. The Kier molecular flexibility index (Phi) is 4.15. The minimum absolute atomic E-state index is 0.497. The lowest BCUT2D eigenvalue weighted by Gasteiger charge is -2.10. The van der Waals surface area contributed by atoms with Gasteiger partial charge in [-0.25, -0.2) is 9.67 Å². The van der Waals surface area contributed by atoms with Crippen LogP contribution in [0, 0.1) is 0 Å². The smallest absolute Gasteiger partial charge is 0.171 e. The lowest BCUT2D eigenvalue weighted by molar-refractivity contribution is 0.185. The monoisotopic (exact) mass is 300 g/mol. The molecule has 2 aromatic heterocycles. The maximum atomic E-state index is 10.0. The third-order valence-electron chi connectivity index (χ3n) is 3.69. The van der Waals surface area contributed by atoms with Crippen molar-refractivity contribution in [1.29, 1.82) is 0 Å². The van der Waals surface area contributed by atoms with Crippen LogP contribution in [-0.2, 0) is 13.1 Å². The third-order valence-corrected chi connectivity index (χ3v) is 3.69. The second-order valence-corrected chi connectivity index (χ2v) is 5.39. The Balaban J connectivity index is 1.99. The first-order valence-electron chi connectivity index (χ1n) is 7.59. The van der Waals surface area contributed by atoms with Gasteiger partial charge in [0, 0.05) is 6.54 Å². The van der Waals surface area contributed by atoms with E-state index in [0.29, 0.717) is 12.4 Å². The fourth-order valence-electron chi connectivity index (χ4n) is 2.54. The van der Waals surface area contributed by atoms with E-state index in [9.17, 15) is 5.11 Å². The predicted molar refractivity (Wildman–Crippen MR) is 82.2 cm³/mol. The molecule has 0 spiro atoms. The van der Waals surface area contributed by atoms with Crippen molar-refractivity contribution in [3.05, 3.63) is 35.9 Å². The number of nitrogens with zero attached hydrogens (tertiary/aromatic N) is 6. The van der Waals surface area contributed by atoms with Crippen LogP contribution in [0.1, 0.15) is 44.4 Å². The van der Waals surface area contributed by atoms with Gasteiger partial charge in [-0.05, 0) is 35.9 Å². The number of benzene rings is 1. The number of fused-ring (bicyclic) bond motifs is 1. The first kappa shape index (κ1) is 14.6. The summed E-state index contributed by atoms with van der Waals surface area (Å²) in [5, 5.41) is 22.0. The highest BCUT2D eigenvalue weighted by Gasteiger charge is 2.17. The highest BCUT2D eigenvalue weighted by Crippen LogP contribution is 2.21. The number of hydrogen-bond donors (Lipinski definition) is 1. The molecule has 0 saturated heterocycles. The molecule has 0 aliphatic heterocycles. The summed E-state index contributed by atoms with van der Waals surface area (Å²) in [7, 11) is 0. The lowest BCUT2D eigenvalue weighted by atomic mass is 10.3. The molecule has 0 amide bonds. The standard InChI is InChI=1S/C15H20N6O/c1-3-4-9-21-14(17-18-19-21)10-20-13-8-6-5-7-12(13)16-15(20)11(2)22/h5-8,11,22H,3-4,9-10H2,1-2H3/t11-/m0/s1. The van der Waals surface area contributed by atoms with Crippen molar-refractivity contribution in [2.45, 2.75) is 45.9 Å². The van der Waals surface area contributed by atoms with Crippen LogP contribution in [0.3, 0.4) is 0 Å². The maximum Gasteiger partial charge on any atom is 0.171 e. The number of aliphatic hydroxyl groups excluding tert-OH is 1. The first-order chi connectivity index (χ1) is 10.7. The van der Waals surface area contributed by atoms with Crippen LogP contribution in [-0.4, -0.2) is 34.9 Å². The van der Waals surface area contributed by atoms with Gasteiger partial charge in [-0.15, -0.1) is 5.10 Å². The molecule has 7 nitrogen and oxygen atoms in total. The second kappa shape index (κ2) is 6.23. The van der Waals surface area contributed by atoms with Crippen molar-refractivity contribution in [1.82, 2.24) is 29.8 Å². The zero-order valence-electron chi connectivity index (χ0n) is 12.8. The first-order valence-corrected chi connectivity index (χ1v) is 7.59. The van der Waals surface area contributed by atoms with E-state index < -0.39 is 6.10 Å². The van der Waals surface area contributed by atoms with E-state index in [2.05, 4.69) is 27.4 Å². The Bertz CT molecular complexity index is 760. The molecule has 0 aliphatic carbocycles. The molecule has 22 heavy (non-hydrogen) atoms. The van der Waals surface area contributed by atoms with E-state index in [4.69, 9.17) is 0 Å². The van der Waals surface area contributed by atoms with Gasteiger partial charge in [0.25, 0.3) is 0 Å². The van der Waals surface area contributed by atoms with Crippen molar-refractivity contribution in [3.8, 4) is 0 Å². The largest absolute Gasteiger partial charge is 0.385 e. The van der Waals surface area contributed by atoms with Crippen LogP contribution in [0.15, 0.2) is 24.3 Å². The molecule has 0 saturated carbocycles. The quantitative estimate of drug-likeness (QED) is 0.752. The Morgan fingerprint density at radius 3 is 2.86 bits per heavy atom. The summed E-state index contributed by atoms with van der Waals surface area (Å²) in [5.74, 6) is 1.41. The number of unbranched alkanes of at least 4 members (excludes halogenated alkanes) is 1. The molecule has 0 bridgehead atoms. The minimum Gasteiger partial charge on any atom is -0.385 e. The van der Waals surface area contributed by atoms with Gasteiger partial charge in [0.1, 0.15) is 11.9 Å². The van der Waals surface area contributed by atoms with E-state index in [1.54, 1.807) is 6.92 Å². The van der Waals surface area contributed by atoms with Crippen LogP contribution < -0.4 is 0 Å². The third kappa shape index (κ3) is 2.71. The van der Waals surface area contributed by atoms with Crippen LogP contribution in [0.4, 0.5) is 0 Å². The molecule has 3 aromatic rings. The van der Waals surface area contributed by atoms with E-state index in [1.807, 2.05) is 33.5 Å². The van der Waals surface area contributed by atoms with Gasteiger partial charge in [-0.2, -0.15) is 0 Å². The molecule has 7 heteroatoms. The van der Waals surface area contributed by atoms with E-state index in [1.165, 1.54) is 0 Å². The van der Waals surface area contributed by atoms with Crippen LogP contribution in [0.2, 0.25) is 0 Å². The number of aliphatic hydroxyl groups is 1. The molecule has 0 unspecified atom stereocenters. The number of aromatic nitrogens is 6. The van der Waals surface area contributed by atoms with E-state index in [-0.39, 0.29) is 0 Å². The molecule has 1 N–H and O–H groups in total. The topological polar surface area (TPSA) is 81.7 Å². The van der Waals surface area contributed by atoms with Crippen molar-refractivity contribution in [2.75, 3.05) is 0 Å². The van der Waals surface area contributed by atoms with Gasteiger partial charge in [-0.3, -0.25) is 0 Å². The number of aryl methyl sites for hydroxylation is 1. The molecule has 1 aromatic carbocycles. The number of para-hydroxylation sites is 2. The highest BCUT2D eigenvalue weighted by atomic mass is 16.3. The van der Waals surface area contributed by atoms with Crippen molar-refractivity contribution < 1.29 is 5.11 Å². The van der Waals surface area contributed by atoms with Gasteiger partial charge in [-0.1, -0.05) is 25.5 Å². The number of imidazole rings is 1. The molecule has 3 rings (SSSR count). The van der Waals surface area contributed by atoms with Crippen LogP contribution >= 0.6 is 0 Å². The molecule has 2 heterocycles. The number of hydrogen-bond acceptors (Lipinski definition) is 5. The zero-order valence-corrected chi connectivity index (χ0v) is 12.8. The summed E-state index contributed by atoms with van der Waals surface area (Å²) in [6.07, 6.45) is 1.48. The highest BCUT2D eigenvalue weighted by molar-refractivity contribution is 5.76. The Hall–Kier alpha value is -2.28. The summed E-state index contributed by atoms with van der Waals surface area (Å²) < 4.78 is 3.80. The summed E-state index contributed by atoms with van der Waals surface area (Å²) in [6.45, 7) is 5.16. The molecule has 0 fully saturated rings. The Morgan fingerprint density at radius 1 is 1.27 bits per heavy atom. The van der Waals surface area contributed by atoms with Gasteiger partial charge in [0.05, 0.1) is 17.6 Å². The van der Waals surface area contributed by atoms with Crippen LogP contribution in [0.5, 0.6) is 0 Å². The SMILES string of the molecule is CCCCn1nnnc1Cn1c([C@H](C)O)nc2ccccc21. The summed E-state index contributed by atoms with van der Waals surface area (Å²) >= 11 is 0. The molecule has 1 atom stereocenters. The summed E-state index contributed by atoms with van der Waals surface area (Å²) in [4.78, 5) is 4.52. The van der Waals surface area contributed by atoms with E-state index >= 15 is 0 Å². The fraction of sp³-hybridized carbons (Fsp3) is 0.467. The summed E-state index contributed by atoms with van der Waals surface area (Å²) in [5.41, 5.74) is 1.84. The van der Waals surface area contributed by atoms with Crippen molar-refractivity contribution in [3.63, 3.8) is 0 Å². The minimum atomic E-state index is -0.646. The van der Waals surface area contributed by atoms with Gasteiger partial charge in [0.15, 0.2) is 5.82 Å². The van der Waals surface area contributed by atoms with Gasteiger partial charge in [0.2, 0.25) is 0 Å². The second-order valence-electron chi connectivity index (χ2n) is 5.39. The normalized spacial score (nSPS) is 12.9. The van der Waals surface area contributed by atoms with Crippen molar-refractivity contribution >= 4 is 11.0 Å². The molecular formula is C15H20N6O. The molecular weight excluding hydrogens is 280 g/mol. The zero-order chi connectivity index (χ0) is 15.5. The average molecular weight is 300 g/mol. The predicted octanol–water partition coefficient (Wildman–Crippen LogP) is 1.92. The molecule has 116 valence electrons. The van der Waals surface area contributed by atoms with Crippen LogP contribution in [0.25, 0.3) is 11.0 Å². The van der Waals surface area contributed by atoms with E-state index in [0.717, 1.165) is 36.2 Å². The molecule has 0 aliphatic rings. The summed E-state index contributed by atoms with van der Waals surface area (Å²) in [6, 6.07) is 7.84. The number of rotatable bonds is 6. The van der Waals surface area contributed by atoms with Gasteiger partial charge < -0.3 is 9.67 Å². The Labute approximate surface area is 128 Å². The Morgan fingerprint density at radius 2 is 2.09 bits per heavy atom. The molecule has 0 radical (unpaired) electrons. The lowest BCUT2D eigenvalue weighted by Crippen LogP contribution is -2.13. The van der Waals surface area contributed by atoms with Crippen molar-refractivity contribution in [2.24, 2.45) is 0 Å². The average Bonchev–Trinajstić information content (AvgIpc) is 3.11. The fourth-order valence-corrected chi connectivity index (χ4v) is 2.54. The maximum absolute atomic E-state index is 10.0.